The highest BCUT2D eigenvalue weighted by Gasteiger charge is 2.25. The molecule has 0 saturated carbocycles. The number of hydrogen-bond acceptors (Lipinski definition) is 5. The summed E-state index contributed by atoms with van der Waals surface area (Å²) in [5.74, 6) is -0.610. The van der Waals surface area contributed by atoms with Crippen LogP contribution in [0.5, 0.6) is 0 Å². The van der Waals surface area contributed by atoms with E-state index in [4.69, 9.17) is 28.9 Å². The molecule has 0 amide bonds. The number of pyridine rings is 2. The summed E-state index contributed by atoms with van der Waals surface area (Å²) in [6.45, 7) is 8.57. The van der Waals surface area contributed by atoms with Gasteiger partial charge in [0.2, 0.25) is 0 Å². The molecule has 0 atom stereocenters. The summed E-state index contributed by atoms with van der Waals surface area (Å²) in [5.41, 5.74) is 7.28. The molecule has 0 aliphatic heterocycles. The Labute approximate surface area is 202 Å². The Kier molecular flexibility index (Phi) is 6.87. The molecule has 0 spiro atoms. The SMILES string of the molecule is CC(C)(O)c1c(N)cnc2ccc(Cl)c(F)c12.Cc1cnc2ccc(Cl)cc2c1C(C)(C)O. The van der Waals surface area contributed by atoms with Crippen molar-refractivity contribution in [2.75, 3.05) is 5.73 Å². The third-order valence-corrected chi connectivity index (χ3v) is 5.72. The van der Waals surface area contributed by atoms with Crippen LogP contribution in [0.15, 0.2) is 42.7 Å². The second-order valence-corrected chi connectivity index (χ2v) is 9.78. The Morgan fingerprint density at radius 2 is 1.45 bits per heavy atom. The van der Waals surface area contributed by atoms with Crippen LogP contribution in [-0.2, 0) is 11.2 Å². The van der Waals surface area contributed by atoms with Gasteiger partial charge in [-0.3, -0.25) is 9.97 Å². The van der Waals surface area contributed by atoms with Crippen LogP contribution in [0.3, 0.4) is 0 Å². The van der Waals surface area contributed by atoms with E-state index in [0.717, 1.165) is 22.0 Å². The average molecular weight is 490 g/mol. The number of anilines is 1. The van der Waals surface area contributed by atoms with E-state index >= 15 is 0 Å². The highest BCUT2D eigenvalue weighted by molar-refractivity contribution is 6.31. The van der Waals surface area contributed by atoms with Crippen LogP contribution < -0.4 is 5.73 Å². The van der Waals surface area contributed by atoms with Crippen LogP contribution in [0, 0.1) is 12.7 Å². The topological polar surface area (TPSA) is 92.3 Å². The fourth-order valence-corrected chi connectivity index (χ4v) is 4.30. The van der Waals surface area contributed by atoms with Gasteiger partial charge in [0.05, 0.1) is 39.1 Å². The average Bonchev–Trinajstić information content (AvgIpc) is 2.69. The van der Waals surface area contributed by atoms with Crippen LogP contribution in [0.2, 0.25) is 10.0 Å². The number of fused-ring (bicyclic) bond motifs is 2. The van der Waals surface area contributed by atoms with Gasteiger partial charge in [-0.2, -0.15) is 0 Å². The van der Waals surface area contributed by atoms with Crippen LogP contribution in [0.25, 0.3) is 21.8 Å². The summed E-state index contributed by atoms with van der Waals surface area (Å²) >= 11 is 11.7. The maximum atomic E-state index is 14.0. The molecule has 2 aromatic heterocycles. The quantitative estimate of drug-likeness (QED) is 0.309. The van der Waals surface area contributed by atoms with Gasteiger partial charge in [-0.15, -0.1) is 0 Å². The zero-order valence-corrected chi connectivity index (χ0v) is 20.6. The molecule has 0 unspecified atom stereocenters. The lowest BCUT2D eigenvalue weighted by Gasteiger charge is -2.22. The fraction of sp³-hybridized carbons (Fsp3) is 0.280. The predicted octanol–water partition coefficient (Wildman–Crippen LogP) is 6.26. The molecule has 33 heavy (non-hydrogen) atoms. The van der Waals surface area contributed by atoms with Gasteiger partial charge >= 0.3 is 0 Å². The third-order valence-electron chi connectivity index (χ3n) is 5.20. The number of nitrogens with two attached hydrogens (primary N) is 1. The lowest BCUT2D eigenvalue weighted by Crippen LogP contribution is -2.19. The smallest absolute Gasteiger partial charge is 0.151 e. The molecule has 4 aromatic rings. The van der Waals surface area contributed by atoms with Gasteiger partial charge in [0.25, 0.3) is 0 Å². The number of rotatable bonds is 2. The van der Waals surface area contributed by atoms with Crippen molar-refractivity contribution in [1.82, 2.24) is 9.97 Å². The lowest BCUT2D eigenvalue weighted by molar-refractivity contribution is 0.0792. The number of aliphatic hydroxyl groups is 2. The van der Waals surface area contributed by atoms with Gasteiger partial charge in [0, 0.05) is 27.6 Å². The van der Waals surface area contributed by atoms with Crippen molar-refractivity contribution in [1.29, 1.82) is 0 Å². The first-order valence-electron chi connectivity index (χ1n) is 10.2. The van der Waals surface area contributed by atoms with Crippen LogP contribution in [-0.4, -0.2) is 20.2 Å². The van der Waals surface area contributed by atoms with Gasteiger partial charge in [-0.05, 0) is 76.1 Å². The largest absolute Gasteiger partial charge is 0.397 e. The first kappa shape index (κ1) is 25.1. The minimum Gasteiger partial charge on any atom is -0.397 e. The van der Waals surface area contributed by atoms with Crippen LogP contribution in [0.4, 0.5) is 10.1 Å². The first-order valence-corrected chi connectivity index (χ1v) is 11.0. The summed E-state index contributed by atoms with van der Waals surface area (Å²) in [6.07, 6.45) is 3.19. The van der Waals surface area contributed by atoms with Crippen molar-refractivity contribution >= 4 is 50.7 Å². The number of aromatic nitrogens is 2. The summed E-state index contributed by atoms with van der Waals surface area (Å²) in [5, 5.41) is 22.0. The second-order valence-electron chi connectivity index (χ2n) is 8.94. The van der Waals surface area contributed by atoms with E-state index in [1.807, 2.05) is 19.1 Å². The summed E-state index contributed by atoms with van der Waals surface area (Å²) < 4.78 is 14.0. The molecule has 0 bridgehead atoms. The van der Waals surface area contributed by atoms with Crippen molar-refractivity contribution in [2.45, 2.75) is 45.8 Å². The summed E-state index contributed by atoms with van der Waals surface area (Å²) in [4.78, 5) is 8.35. The van der Waals surface area contributed by atoms with Crippen molar-refractivity contribution in [2.24, 2.45) is 0 Å². The van der Waals surface area contributed by atoms with Crippen molar-refractivity contribution in [3.63, 3.8) is 0 Å². The van der Waals surface area contributed by atoms with Gasteiger partial charge in [0.15, 0.2) is 5.82 Å². The maximum Gasteiger partial charge on any atom is 0.151 e. The molecule has 0 aliphatic rings. The molecule has 8 heteroatoms. The van der Waals surface area contributed by atoms with Gasteiger partial charge in [-0.1, -0.05) is 23.2 Å². The number of nitrogens with zero attached hydrogens (tertiary/aromatic N) is 2. The minimum atomic E-state index is -1.27. The number of hydrogen-bond donors (Lipinski definition) is 3. The Morgan fingerprint density at radius 1 is 0.879 bits per heavy atom. The first-order chi connectivity index (χ1) is 15.2. The molecule has 2 heterocycles. The molecule has 0 saturated heterocycles. The minimum absolute atomic E-state index is 0.0181. The van der Waals surface area contributed by atoms with E-state index in [1.165, 1.54) is 12.3 Å². The van der Waals surface area contributed by atoms with E-state index < -0.39 is 17.0 Å². The van der Waals surface area contributed by atoms with E-state index in [-0.39, 0.29) is 16.1 Å². The van der Waals surface area contributed by atoms with Crippen molar-refractivity contribution < 1.29 is 14.6 Å². The van der Waals surface area contributed by atoms with Crippen molar-refractivity contribution in [3.8, 4) is 0 Å². The molecule has 0 radical (unpaired) electrons. The van der Waals surface area contributed by atoms with Gasteiger partial charge in [0.1, 0.15) is 0 Å². The second kappa shape index (κ2) is 9.03. The molecule has 2 aromatic carbocycles. The third kappa shape index (κ3) is 5.20. The Bertz CT molecular complexity index is 1340. The van der Waals surface area contributed by atoms with Crippen LogP contribution >= 0.6 is 23.2 Å². The molecule has 5 nitrogen and oxygen atoms in total. The molecule has 4 N–H and O–H groups in total. The van der Waals surface area contributed by atoms with E-state index in [1.54, 1.807) is 46.0 Å². The zero-order chi connectivity index (χ0) is 24.7. The van der Waals surface area contributed by atoms with Crippen LogP contribution in [0.1, 0.15) is 44.4 Å². The van der Waals surface area contributed by atoms with Gasteiger partial charge in [-0.25, -0.2) is 4.39 Å². The summed E-state index contributed by atoms with van der Waals surface area (Å²) in [7, 11) is 0. The maximum absolute atomic E-state index is 14.0. The monoisotopic (exact) mass is 489 g/mol. The normalized spacial score (nSPS) is 12.1. The van der Waals surface area contributed by atoms with E-state index in [9.17, 15) is 14.6 Å². The highest BCUT2D eigenvalue weighted by Crippen LogP contribution is 2.36. The number of aryl methyl sites for hydroxylation is 1. The number of halogens is 3. The summed E-state index contributed by atoms with van der Waals surface area (Å²) in [6, 6.07) is 8.54. The molecule has 0 fully saturated rings. The molecular weight excluding hydrogens is 464 g/mol. The standard InChI is InChI=1S/C13H14ClNO.C12H12ClFN2O/c1-8-7-15-11-5-4-9(14)6-10(11)12(8)13(2,3)16;1-12(2,17)10-7(15)5-16-8-4-3-6(13)11(14)9(8)10/h4-7,16H,1-3H3;3-5,17H,15H2,1-2H3. The number of nitrogen functional groups attached to an aromatic ring is 1. The predicted molar refractivity (Wildman–Crippen MR) is 133 cm³/mol. The highest BCUT2D eigenvalue weighted by atomic mass is 35.5. The zero-order valence-electron chi connectivity index (χ0n) is 19.0. The van der Waals surface area contributed by atoms with Gasteiger partial charge < -0.3 is 15.9 Å². The Hall–Kier alpha value is -2.51. The molecular formula is C25H26Cl2FN3O2. The molecule has 174 valence electrons. The Balaban J connectivity index is 0.000000186. The molecule has 0 aliphatic carbocycles. The van der Waals surface area contributed by atoms with E-state index in [2.05, 4.69) is 9.97 Å². The fourth-order valence-electron chi connectivity index (χ4n) is 3.97. The Morgan fingerprint density at radius 3 is 2.06 bits per heavy atom. The number of benzene rings is 2. The molecule has 4 rings (SSSR count). The van der Waals surface area contributed by atoms with Crippen molar-refractivity contribution in [3.05, 3.63) is 75.3 Å². The lowest BCUT2D eigenvalue weighted by atomic mass is 9.91. The van der Waals surface area contributed by atoms with E-state index in [0.29, 0.717) is 16.1 Å².